The minimum Gasteiger partial charge on any atom is -0.330 e. The molecule has 0 rings (SSSR count). The molecule has 0 aliphatic carbocycles. The molecule has 1 heteroatoms. The largest absolute Gasteiger partial charge is 0.330 e. The van der Waals surface area contributed by atoms with E-state index < -0.39 is 0 Å². The van der Waals surface area contributed by atoms with Crippen molar-refractivity contribution in [3.05, 3.63) is 0 Å². The van der Waals surface area contributed by atoms with E-state index in [1.807, 2.05) is 0 Å². The number of rotatable bonds is 8. The third-order valence-electron chi connectivity index (χ3n) is 2.61. The zero-order valence-electron chi connectivity index (χ0n) is 8.81. The lowest BCUT2D eigenvalue weighted by Gasteiger charge is -2.13. The second-order valence-corrected chi connectivity index (χ2v) is 3.70. The Kier molecular flexibility index (Phi) is 9.02. The normalized spacial score (nSPS) is 13.2. The van der Waals surface area contributed by atoms with Crippen LogP contribution in [0, 0.1) is 5.92 Å². The quantitative estimate of drug-likeness (QED) is 0.557. The Labute approximate surface area is 77.7 Å². The summed E-state index contributed by atoms with van der Waals surface area (Å²) in [4.78, 5) is 0. The van der Waals surface area contributed by atoms with E-state index in [2.05, 4.69) is 13.8 Å². The fourth-order valence-corrected chi connectivity index (χ4v) is 1.62. The highest BCUT2D eigenvalue weighted by Crippen LogP contribution is 2.18. The fraction of sp³-hybridized carbons (Fsp3) is 1.00. The first-order valence-electron chi connectivity index (χ1n) is 5.55. The fourth-order valence-electron chi connectivity index (χ4n) is 1.62. The summed E-state index contributed by atoms with van der Waals surface area (Å²) in [6.07, 6.45) is 9.46. The van der Waals surface area contributed by atoms with Gasteiger partial charge in [0.2, 0.25) is 0 Å². The Balaban J connectivity index is 3.26. The van der Waals surface area contributed by atoms with Gasteiger partial charge >= 0.3 is 0 Å². The van der Waals surface area contributed by atoms with E-state index >= 15 is 0 Å². The summed E-state index contributed by atoms with van der Waals surface area (Å²) >= 11 is 0. The molecule has 0 aromatic rings. The third kappa shape index (κ3) is 6.66. The Bertz CT molecular complexity index is 81.1. The molecule has 0 radical (unpaired) electrons. The SMILES string of the molecule is CCCCC(CC)CCCCN. The smallest absolute Gasteiger partial charge is 0.00773 e. The van der Waals surface area contributed by atoms with E-state index in [-0.39, 0.29) is 0 Å². The highest BCUT2D eigenvalue weighted by Gasteiger charge is 2.04. The summed E-state index contributed by atoms with van der Waals surface area (Å²) in [7, 11) is 0. The minimum atomic E-state index is 0.865. The van der Waals surface area contributed by atoms with Gasteiger partial charge in [-0.25, -0.2) is 0 Å². The van der Waals surface area contributed by atoms with Gasteiger partial charge < -0.3 is 5.73 Å². The number of hydrogen-bond acceptors (Lipinski definition) is 1. The lowest BCUT2D eigenvalue weighted by Crippen LogP contribution is -2.02. The van der Waals surface area contributed by atoms with Crippen molar-refractivity contribution in [1.82, 2.24) is 0 Å². The van der Waals surface area contributed by atoms with Crippen LogP contribution in [0.5, 0.6) is 0 Å². The molecule has 0 aromatic heterocycles. The van der Waals surface area contributed by atoms with Gasteiger partial charge in [0.1, 0.15) is 0 Å². The molecule has 0 saturated heterocycles. The molecule has 0 aliphatic heterocycles. The lowest BCUT2D eigenvalue weighted by atomic mass is 9.94. The zero-order valence-corrected chi connectivity index (χ0v) is 8.81. The summed E-state index contributed by atoms with van der Waals surface area (Å²) < 4.78 is 0. The predicted molar refractivity (Wildman–Crippen MR) is 56.2 cm³/mol. The van der Waals surface area contributed by atoms with Crippen LogP contribution in [0.15, 0.2) is 0 Å². The molecule has 0 saturated carbocycles. The van der Waals surface area contributed by atoms with E-state index in [9.17, 15) is 0 Å². The van der Waals surface area contributed by atoms with Crippen molar-refractivity contribution in [1.29, 1.82) is 0 Å². The van der Waals surface area contributed by atoms with Gasteiger partial charge in [0, 0.05) is 0 Å². The van der Waals surface area contributed by atoms with Crippen molar-refractivity contribution in [3.8, 4) is 0 Å². The number of unbranched alkanes of at least 4 members (excludes halogenated alkanes) is 2. The maximum atomic E-state index is 5.46. The van der Waals surface area contributed by atoms with E-state index in [1.54, 1.807) is 0 Å². The van der Waals surface area contributed by atoms with Crippen molar-refractivity contribution >= 4 is 0 Å². The standard InChI is InChI=1S/C11H25N/c1-3-5-8-11(4-2)9-6-7-10-12/h11H,3-10,12H2,1-2H3. The first kappa shape index (κ1) is 12.0. The molecule has 1 atom stereocenters. The predicted octanol–water partition coefficient (Wildman–Crippen LogP) is 3.33. The summed E-state index contributed by atoms with van der Waals surface area (Å²) in [5, 5.41) is 0. The summed E-state index contributed by atoms with van der Waals surface area (Å²) in [6, 6.07) is 0. The average molecular weight is 171 g/mol. The Morgan fingerprint density at radius 2 is 1.67 bits per heavy atom. The lowest BCUT2D eigenvalue weighted by molar-refractivity contribution is 0.406. The van der Waals surface area contributed by atoms with Crippen molar-refractivity contribution in [2.24, 2.45) is 11.7 Å². The van der Waals surface area contributed by atoms with Crippen molar-refractivity contribution in [2.75, 3.05) is 6.54 Å². The van der Waals surface area contributed by atoms with Crippen LogP contribution in [0.25, 0.3) is 0 Å². The van der Waals surface area contributed by atoms with E-state index in [0.29, 0.717) is 0 Å². The zero-order chi connectivity index (χ0) is 9.23. The first-order valence-corrected chi connectivity index (χ1v) is 5.55. The molecule has 1 nitrogen and oxygen atoms in total. The van der Waals surface area contributed by atoms with Gasteiger partial charge in [-0.15, -0.1) is 0 Å². The maximum Gasteiger partial charge on any atom is -0.00773 e. The van der Waals surface area contributed by atoms with Crippen LogP contribution in [0.3, 0.4) is 0 Å². The van der Waals surface area contributed by atoms with E-state index in [1.165, 1.54) is 44.9 Å². The highest BCUT2D eigenvalue weighted by molar-refractivity contribution is 4.57. The van der Waals surface area contributed by atoms with Crippen LogP contribution in [0.4, 0.5) is 0 Å². The summed E-state index contributed by atoms with van der Waals surface area (Å²) in [5.74, 6) is 0.969. The summed E-state index contributed by atoms with van der Waals surface area (Å²) in [6.45, 7) is 5.44. The van der Waals surface area contributed by atoms with Crippen LogP contribution in [-0.4, -0.2) is 6.54 Å². The van der Waals surface area contributed by atoms with Gasteiger partial charge in [0.25, 0.3) is 0 Å². The van der Waals surface area contributed by atoms with Crippen LogP contribution < -0.4 is 5.73 Å². The molecule has 2 N–H and O–H groups in total. The maximum absolute atomic E-state index is 5.46. The van der Waals surface area contributed by atoms with Gasteiger partial charge in [0.15, 0.2) is 0 Å². The molecule has 0 bridgehead atoms. The molecular weight excluding hydrogens is 146 g/mol. The molecule has 12 heavy (non-hydrogen) atoms. The van der Waals surface area contributed by atoms with Gasteiger partial charge in [-0.1, -0.05) is 52.4 Å². The molecule has 0 aliphatic rings. The average Bonchev–Trinajstić information content (AvgIpc) is 2.11. The molecule has 0 amide bonds. The van der Waals surface area contributed by atoms with Crippen LogP contribution >= 0.6 is 0 Å². The van der Waals surface area contributed by atoms with Crippen molar-refractivity contribution in [2.45, 2.75) is 58.8 Å². The van der Waals surface area contributed by atoms with Crippen LogP contribution in [-0.2, 0) is 0 Å². The Morgan fingerprint density at radius 3 is 2.17 bits per heavy atom. The Hall–Kier alpha value is -0.0400. The van der Waals surface area contributed by atoms with E-state index in [4.69, 9.17) is 5.73 Å². The van der Waals surface area contributed by atoms with Crippen LogP contribution in [0.1, 0.15) is 58.8 Å². The second-order valence-electron chi connectivity index (χ2n) is 3.70. The monoisotopic (exact) mass is 171 g/mol. The first-order chi connectivity index (χ1) is 5.85. The highest BCUT2D eigenvalue weighted by atomic mass is 14.5. The molecule has 74 valence electrons. The second kappa shape index (κ2) is 9.05. The summed E-state index contributed by atoms with van der Waals surface area (Å²) in [5.41, 5.74) is 5.46. The number of nitrogens with two attached hydrogens (primary N) is 1. The van der Waals surface area contributed by atoms with Crippen molar-refractivity contribution in [3.63, 3.8) is 0 Å². The topological polar surface area (TPSA) is 26.0 Å². The molecule has 0 fully saturated rings. The van der Waals surface area contributed by atoms with E-state index in [0.717, 1.165) is 12.5 Å². The van der Waals surface area contributed by atoms with Crippen molar-refractivity contribution < 1.29 is 0 Å². The van der Waals surface area contributed by atoms with Gasteiger partial charge in [-0.3, -0.25) is 0 Å². The Morgan fingerprint density at radius 1 is 1.00 bits per heavy atom. The van der Waals surface area contributed by atoms with Gasteiger partial charge in [0.05, 0.1) is 0 Å². The molecular formula is C11H25N. The third-order valence-corrected chi connectivity index (χ3v) is 2.61. The molecule has 1 unspecified atom stereocenters. The molecule has 0 spiro atoms. The van der Waals surface area contributed by atoms with Gasteiger partial charge in [-0.2, -0.15) is 0 Å². The molecule has 0 heterocycles. The minimum absolute atomic E-state index is 0.865. The van der Waals surface area contributed by atoms with Gasteiger partial charge in [-0.05, 0) is 18.9 Å². The number of hydrogen-bond donors (Lipinski definition) is 1. The molecule has 0 aromatic carbocycles. The van der Waals surface area contributed by atoms with Crippen LogP contribution in [0.2, 0.25) is 0 Å².